The number of hydrogen-bond acceptors (Lipinski definition) is 2. The number of aliphatic hydroxyl groups is 1. The van der Waals surface area contributed by atoms with Crippen molar-refractivity contribution < 1.29 is 9.90 Å². The second-order valence-corrected chi connectivity index (χ2v) is 5.14. The fourth-order valence-electron chi connectivity index (χ4n) is 1.72. The van der Waals surface area contributed by atoms with Gasteiger partial charge in [0.1, 0.15) is 0 Å². The summed E-state index contributed by atoms with van der Waals surface area (Å²) in [6.07, 6.45) is -1.17. The molecule has 0 fully saturated rings. The molecule has 1 unspecified atom stereocenters. The zero-order valence-corrected chi connectivity index (χ0v) is 12.0. The summed E-state index contributed by atoms with van der Waals surface area (Å²) in [6, 6.07) is 14.5. The van der Waals surface area contributed by atoms with Crippen LogP contribution in [0.4, 0.5) is 5.69 Å². The van der Waals surface area contributed by atoms with Gasteiger partial charge in [0.25, 0.3) is 5.91 Å². The lowest BCUT2D eigenvalue weighted by Gasteiger charge is -2.13. The quantitative estimate of drug-likeness (QED) is 0.910. The number of carbonyl (C=O) groups is 1. The minimum absolute atomic E-state index is 0.447. The number of hydrogen-bond donors (Lipinski definition) is 2. The molecule has 0 aliphatic heterocycles. The first-order valence-corrected chi connectivity index (χ1v) is 6.67. The van der Waals surface area contributed by atoms with Crippen LogP contribution in [0.1, 0.15) is 17.2 Å². The number of nitrogens with one attached hydrogen (secondary N) is 1. The third-order valence-electron chi connectivity index (χ3n) is 2.74. The van der Waals surface area contributed by atoms with E-state index >= 15 is 0 Å². The summed E-state index contributed by atoms with van der Waals surface area (Å²) < 4.78 is 0.784. The molecule has 2 N–H and O–H groups in total. The van der Waals surface area contributed by atoms with Gasteiger partial charge in [0.2, 0.25) is 0 Å². The average molecular weight is 320 g/mol. The molecule has 2 aromatic carbocycles. The Kier molecular flexibility index (Phi) is 4.35. The van der Waals surface area contributed by atoms with E-state index < -0.39 is 12.0 Å². The van der Waals surface area contributed by atoms with Gasteiger partial charge in [-0.3, -0.25) is 4.79 Å². The van der Waals surface area contributed by atoms with Crippen LogP contribution in [-0.2, 0) is 4.79 Å². The summed E-state index contributed by atoms with van der Waals surface area (Å²) >= 11 is 3.37. The second kappa shape index (κ2) is 5.99. The summed E-state index contributed by atoms with van der Waals surface area (Å²) in [4.78, 5) is 12.0. The normalized spacial score (nSPS) is 11.9. The molecule has 0 spiro atoms. The van der Waals surface area contributed by atoms with Gasteiger partial charge in [-0.15, -0.1) is 0 Å². The third kappa shape index (κ3) is 3.43. The van der Waals surface area contributed by atoms with E-state index in [4.69, 9.17) is 0 Å². The van der Waals surface area contributed by atoms with E-state index in [1.54, 1.807) is 24.3 Å². The second-order valence-electron chi connectivity index (χ2n) is 4.29. The Balaban J connectivity index is 2.15. The highest BCUT2D eigenvalue weighted by atomic mass is 79.9. The summed E-state index contributed by atoms with van der Waals surface area (Å²) in [5.41, 5.74) is 2.26. The number of aliphatic hydroxyl groups excluding tert-OH is 1. The number of anilines is 1. The molecule has 0 bridgehead atoms. The maximum Gasteiger partial charge on any atom is 0.257 e. The van der Waals surface area contributed by atoms with Crippen molar-refractivity contribution in [3.8, 4) is 0 Å². The highest BCUT2D eigenvalue weighted by molar-refractivity contribution is 9.10. The molecule has 1 atom stereocenters. The molecular formula is C15H14BrNO2. The van der Waals surface area contributed by atoms with Crippen molar-refractivity contribution in [3.63, 3.8) is 0 Å². The Morgan fingerprint density at radius 2 is 1.89 bits per heavy atom. The number of benzene rings is 2. The number of carbonyl (C=O) groups excluding carboxylic acids is 1. The van der Waals surface area contributed by atoms with Crippen LogP contribution in [0.15, 0.2) is 53.0 Å². The molecule has 0 aliphatic rings. The van der Waals surface area contributed by atoms with Gasteiger partial charge in [0.15, 0.2) is 6.10 Å². The zero-order chi connectivity index (χ0) is 13.8. The molecule has 0 saturated carbocycles. The van der Waals surface area contributed by atoms with E-state index in [2.05, 4.69) is 21.2 Å². The van der Waals surface area contributed by atoms with Crippen molar-refractivity contribution in [1.29, 1.82) is 0 Å². The Morgan fingerprint density at radius 3 is 2.58 bits per heavy atom. The smallest absolute Gasteiger partial charge is 0.257 e. The average Bonchev–Trinajstić information content (AvgIpc) is 2.43. The lowest BCUT2D eigenvalue weighted by Crippen LogP contribution is -2.21. The van der Waals surface area contributed by atoms with Crippen LogP contribution in [0, 0.1) is 6.92 Å². The molecule has 2 rings (SSSR count). The van der Waals surface area contributed by atoms with Crippen LogP contribution in [0.2, 0.25) is 0 Å². The fourth-order valence-corrected chi connectivity index (χ4v) is 2.07. The molecule has 0 aliphatic carbocycles. The first-order valence-electron chi connectivity index (χ1n) is 5.88. The Labute approximate surface area is 120 Å². The van der Waals surface area contributed by atoms with Gasteiger partial charge in [-0.2, -0.15) is 0 Å². The molecule has 4 heteroatoms. The number of aryl methyl sites for hydroxylation is 1. The van der Waals surface area contributed by atoms with Gasteiger partial charge >= 0.3 is 0 Å². The van der Waals surface area contributed by atoms with Crippen molar-refractivity contribution in [3.05, 3.63) is 64.1 Å². The van der Waals surface area contributed by atoms with Crippen LogP contribution in [0.25, 0.3) is 0 Å². The van der Waals surface area contributed by atoms with E-state index in [0.717, 1.165) is 10.0 Å². The van der Waals surface area contributed by atoms with Crippen molar-refractivity contribution in [2.75, 3.05) is 5.32 Å². The molecule has 2 aromatic rings. The van der Waals surface area contributed by atoms with E-state index in [1.165, 1.54) is 0 Å². The van der Waals surface area contributed by atoms with E-state index in [1.807, 2.05) is 31.2 Å². The summed E-state index contributed by atoms with van der Waals surface area (Å²) in [6.45, 7) is 1.94. The molecule has 98 valence electrons. The van der Waals surface area contributed by atoms with Crippen molar-refractivity contribution in [2.45, 2.75) is 13.0 Å². The Bertz CT molecular complexity index is 584. The largest absolute Gasteiger partial charge is 0.378 e. The highest BCUT2D eigenvalue weighted by Crippen LogP contribution is 2.24. The summed E-state index contributed by atoms with van der Waals surface area (Å²) in [5, 5.41) is 12.7. The molecule has 0 radical (unpaired) electrons. The summed E-state index contributed by atoms with van der Waals surface area (Å²) in [7, 11) is 0. The molecule has 0 aromatic heterocycles. The predicted octanol–water partition coefficient (Wildman–Crippen LogP) is 3.43. The lowest BCUT2D eigenvalue weighted by atomic mass is 10.1. The van der Waals surface area contributed by atoms with Crippen LogP contribution < -0.4 is 5.32 Å². The van der Waals surface area contributed by atoms with Gasteiger partial charge < -0.3 is 10.4 Å². The molecule has 0 saturated heterocycles. The Morgan fingerprint density at radius 1 is 1.21 bits per heavy atom. The van der Waals surface area contributed by atoms with E-state index in [-0.39, 0.29) is 0 Å². The lowest BCUT2D eigenvalue weighted by molar-refractivity contribution is -0.124. The van der Waals surface area contributed by atoms with Crippen molar-refractivity contribution >= 4 is 27.5 Å². The van der Waals surface area contributed by atoms with Crippen LogP contribution in [0.5, 0.6) is 0 Å². The minimum Gasteiger partial charge on any atom is -0.378 e. The molecule has 19 heavy (non-hydrogen) atoms. The maximum atomic E-state index is 12.0. The third-order valence-corrected chi connectivity index (χ3v) is 3.43. The van der Waals surface area contributed by atoms with Gasteiger partial charge in [0.05, 0.1) is 5.69 Å². The zero-order valence-electron chi connectivity index (χ0n) is 10.4. The van der Waals surface area contributed by atoms with Crippen LogP contribution in [0.3, 0.4) is 0 Å². The highest BCUT2D eigenvalue weighted by Gasteiger charge is 2.17. The molecule has 0 heterocycles. The predicted molar refractivity (Wildman–Crippen MR) is 78.9 cm³/mol. The van der Waals surface area contributed by atoms with Gasteiger partial charge in [-0.05, 0) is 46.1 Å². The fraction of sp³-hybridized carbons (Fsp3) is 0.133. The van der Waals surface area contributed by atoms with Gasteiger partial charge in [-0.1, -0.05) is 36.4 Å². The van der Waals surface area contributed by atoms with Gasteiger partial charge in [-0.25, -0.2) is 0 Å². The maximum absolute atomic E-state index is 12.0. The first-order chi connectivity index (χ1) is 9.08. The SMILES string of the molecule is Cc1ccc(Br)c(NC(=O)C(O)c2ccccc2)c1. The van der Waals surface area contributed by atoms with E-state index in [9.17, 15) is 9.90 Å². The molecule has 1 amide bonds. The van der Waals surface area contributed by atoms with E-state index in [0.29, 0.717) is 11.3 Å². The monoisotopic (exact) mass is 319 g/mol. The standard InChI is InChI=1S/C15H14BrNO2/c1-10-7-8-12(16)13(9-10)17-15(19)14(18)11-5-3-2-4-6-11/h2-9,14,18H,1H3,(H,17,19). The Hall–Kier alpha value is -1.65. The van der Waals surface area contributed by atoms with Crippen LogP contribution >= 0.6 is 15.9 Å². The number of amides is 1. The number of rotatable bonds is 3. The topological polar surface area (TPSA) is 49.3 Å². The van der Waals surface area contributed by atoms with Crippen molar-refractivity contribution in [2.24, 2.45) is 0 Å². The summed E-state index contributed by atoms with van der Waals surface area (Å²) in [5.74, 6) is -0.447. The minimum atomic E-state index is -1.17. The number of halogens is 1. The first kappa shape index (κ1) is 13.8. The molecule has 3 nitrogen and oxygen atoms in total. The van der Waals surface area contributed by atoms with Crippen LogP contribution in [-0.4, -0.2) is 11.0 Å². The van der Waals surface area contributed by atoms with Crippen molar-refractivity contribution in [1.82, 2.24) is 0 Å². The van der Waals surface area contributed by atoms with Gasteiger partial charge in [0, 0.05) is 4.47 Å². The molecular weight excluding hydrogens is 306 g/mol.